The molecule has 2 atom stereocenters. The first-order valence-corrected chi connectivity index (χ1v) is 13.2. The van der Waals surface area contributed by atoms with Crippen LogP contribution in [0.15, 0.2) is 66.7 Å². The van der Waals surface area contributed by atoms with Crippen molar-refractivity contribution in [3.05, 3.63) is 107 Å². The Hall–Kier alpha value is -2.71. The molecule has 0 bridgehead atoms. The third kappa shape index (κ3) is 4.74. The van der Waals surface area contributed by atoms with Crippen LogP contribution in [-0.2, 0) is 15.6 Å². The van der Waals surface area contributed by atoms with Gasteiger partial charge in [-0.15, -0.1) is 0 Å². The van der Waals surface area contributed by atoms with Crippen molar-refractivity contribution in [2.45, 2.75) is 42.7 Å². The van der Waals surface area contributed by atoms with E-state index in [2.05, 4.69) is 4.90 Å². The Morgan fingerprint density at radius 3 is 1.74 bits per heavy atom. The van der Waals surface area contributed by atoms with Gasteiger partial charge < -0.3 is 0 Å². The second-order valence-corrected chi connectivity index (χ2v) is 11.2. The molecular formula is C27H27F4NO2S. The van der Waals surface area contributed by atoms with Crippen molar-refractivity contribution in [3.8, 4) is 0 Å². The Balaban J connectivity index is 1.84. The van der Waals surface area contributed by atoms with Gasteiger partial charge >= 0.3 is 0 Å². The van der Waals surface area contributed by atoms with Crippen molar-refractivity contribution in [1.29, 1.82) is 0 Å². The molecule has 1 aliphatic rings. The molecule has 0 radical (unpaired) electrons. The molecule has 0 amide bonds. The predicted octanol–water partition coefficient (Wildman–Crippen LogP) is 5.84. The van der Waals surface area contributed by atoms with Crippen LogP contribution in [0.3, 0.4) is 0 Å². The van der Waals surface area contributed by atoms with Gasteiger partial charge in [0.1, 0.15) is 23.3 Å². The van der Waals surface area contributed by atoms with E-state index in [4.69, 9.17) is 0 Å². The quantitative estimate of drug-likeness (QED) is 0.361. The average molecular weight is 506 g/mol. The van der Waals surface area contributed by atoms with Crippen LogP contribution < -0.4 is 0 Å². The average Bonchev–Trinajstić information content (AvgIpc) is 2.77. The Labute approximate surface area is 203 Å². The minimum Gasteiger partial charge on any atom is -0.294 e. The van der Waals surface area contributed by atoms with Crippen LogP contribution in [0.2, 0.25) is 0 Å². The predicted molar refractivity (Wildman–Crippen MR) is 128 cm³/mol. The van der Waals surface area contributed by atoms with Crippen molar-refractivity contribution in [2.24, 2.45) is 0 Å². The highest BCUT2D eigenvalue weighted by molar-refractivity contribution is 7.91. The van der Waals surface area contributed by atoms with Crippen LogP contribution in [0.25, 0.3) is 0 Å². The van der Waals surface area contributed by atoms with Crippen molar-refractivity contribution < 1.29 is 26.0 Å². The number of rotatable bonds is 8. The van der Waals surface area contributed by atoms with E-state index in [1.165, 1.54) is 24.3 Å². The topological polar surface area (TPSA) is 37.4 Å². The third-order valence-corrected chi connectivity index (χ3v) is 9.27. The van der Waals surface area contributed by atoms with E-state index in [0.717, 1.165) is 12.1 Å². The minimum atomic E-state index is -3.87. The zero-order chi connectivity index (χ0) is 25.4. The molecule has 0 saturated carbocycles. The summed E-state index contributed by atoms with van der Waals surface area (Å²) in [5.41, 5.74) is 0.530. The summed E-state index contributed by atoms with van der Waals surface area (Å²) >= 11 is 0. The van der Waals surface area contributed by atoms with Gasteiger partial charge in [-0.1, -0.05) is 38.1 Å². The molecular weight excluding hydrogens is 478 g/mol. The third-order valence-electron chi connectivity index (χ3n) is 7.11. The number of likely N-dealkylation sites (N-methyl/N-ethyl adjacent to an activating group) is 1. The van der Waals surface area contributed by atoms with Crippen molar-refractivity contribution in [1.82, 2.24) is 4.90 Å². The maximum absolute atomic E-state index is 13.8. The first-order chi connectivity index (χ1) is 16.6. The summed E-state index contributed by atoms with van der Waals surface area (Å²) in [6.07, 6.45) is 0.432. The summed E-state index contributed by atoms with van der Waals surface area (Å²) in [5, 5.41) is -0.855. The molecule has 0 spiro atoms. The molecule has 4 rings (SSSR count). The van der Waals surface area contributed by atoms with Gasteiger partial charge in [0.25, 0.3) is 0 Å². The number of sulfone groups is 1. The lowest BCUT2D eigenvalue weighted by Crippen LogP contribution is -2.75. The van der Waals surface area contributed by atoms with E-state index in [9.17, 15) is 26.0 Å². The molecule has 0 aromatic heterocycles. The van der Waals surface area contributed by atoms with E-state index >= 15 is 0 Å². The zero-order valence-corrected chi connectivity index (χ0v) is 20.3. The lowest BCUT2D eigenvalue weighted by Gasteiger charge is -2.61. The van der Waals surface area contributed by atoms with Crippen molar-refractivity contribution >= 4 is 9.84 Å². The van der Waals surface area contributed by atoms with Gasteiger partial charge in [0.15, 0.2) is 9.84 Å². The largest absolute Gasteiger partial charge is 0.294 e. The fourth-order valence-electron chi connectivity index (χ4n) is 5.60. The van der Waals surface area contributed by atoms with Gasteiger partial charge in [-0.2, -0.15) is 0 Å². The molecule has 1 aliphatic heterocycles. The normalized spacial score (nSPS) is 20.7. The summed E-state index contributed by atoms with van der Waals surface area (Å²) < 4.78 is 82.5. The van der Waals surface area contributed by atoms with E-state index in [1.54, 1.807) is 24.3 Å². The van der Waals surface area contributed by atoms with Gasteiger partial charge in [-0.25, -0.2) is 26.0 Å². The Morgan fingerprint density at radius 1 is 0.829 bits per heavy atom. The first-order valence-electron chi connectivity index (χ1n) is 11.5. The first kappa shape index (κ1) is 25.4. The lowest BCUT2D eigenvalue weighted by molar-refractivity contribution is -0.0207. The number of nitrogens with zero attached hydrogens (tertiary/aromatic N) is 1. The number of hydrogen-bond donors (Lipinski definition) is 0. The molecule has 3 aromatic rings. The summed E-state index contributed by atoms with van der Waals surface area (Å²) in [4.78, 5) is 2.07. The molecule has 35 heavy (non-hydrogen) atoms. The summed E-state index contributed by atoms with van der Waals surface area (Å²) in [5.74, 6) is -3.53. The second-order valence-electron chi connectivity index (χ2n) is 8.99. The molecule has 1 fully saturated rings. The molecule has 1 saturated heterocycles. The SMILES string of the molecule is CCN1CC(S(=O)(=O)Cc2cc(F)cc(F)c2)C1(CC)C(c1ccc(F)cc1)c1ccc(F)cc1. The highest BCUT2D eigenvalue weighted by atomic mass is 32.2. The molecule has 0 N–H and O–H groups in total. The van der Waals surface area contributed by atoms with Crippen LogP contribution in [0.5, 0.6) is 0 Å². The van der Waals surface area contributed by atoms with Gasteiger partial charge in [0.05, 0.1) is 11.0 Å². The monoisotopic (exact) mass is 505 g/mol. The number of halogens is 4. The Kier molecular flexibility index (Phi) is 7.06. The maximum atomic E-state index is 13.8. The molecule has 1 heterocycles. The Morgan fingerprint density at radius 2 is 1.31 bits per heavy atom. The minimum absolute atomic E-state index is 0.0440. The van der Waals surface area contributed by atoms with Gasteiger partial charge in [-0.3, -0.25) is 4.90 Å². The molecule has 2 unspecified atom stereocenters. The highest BCUT2D eigenvalue weighted by Gasteiger charge is 2.61. The second kappa shape index (κ2) is 9.74. The maximum Gasteiger partial charge on any atom is 0.160 e. The van der Waals surface area contributed by atoms with E-state index in [1.807, 2.05) is 13.8 Å². The molecule has 3 nitrogen and oxygen atoms in total. The van der Waals surface area contributed by atoms with E-state index in [0.29, 0.717) is 30.2 Å². The van der Waals surface area contributed by atoms with Crippen LogP contribution in [0.4, 0.5) is 17.6 Å². The Bertz CT molecular complexity index is 1230. The van der Waals surface area contributed by atoms with Crippen LogP contribution in [0, 0.1) is 23.3 Å². The number of benzene rings is 3. The van der Waals surface area contributed by atoms with Crippen molar-refractivity contribution in [3.63, 3.8) is 0 Å². The number of hydrogen-bond acceptors (Lipinski definition) is 3. The molecule has 186 valence electrons. The molecule has 8 heteroatoms. The van der Waals surface area contributed by atoms with Gasteiger partial charge in [0.2, 0.25) is 0 Å². The smallest absolute Gasteiger partial charge is 0.160 e. The standard InChI is InChI=1S/C27H27F4NO2S/c1-3-27(26(19-5-9-21(28)10-6-19)20-7-11-22(29)12-8-20)25(16-32(27)4-2)35(33,34)17-18-13-23(30)15-24(31)14-18/h5-15,25-26H,3-4,16-17H2,1-2H3. The molecule has 3 aromatic carbocycles. The van der Waals surface area contributed by atoms with Crippen LogP contribution >= 0.6 is 0 Å². The summed E-state index contributed by atoms with van der Waals surface area (Å²) in [6, 6.07) is 14.5. The lowest BCUT2D eigenvalue weighted by atomic mass is 9.66. The summed E-state index contributed by atoms with van der Waals surface area (Å²) in [7, 11) is -3.87. The van der Waals surface area contributed by atoms with Crippen molar-refractivity contribution in [2.75, 3.05) is 13.1 Å². The zero-order valence-electron chi connectivity index (χ0n) is 19.5. The highest BCUT2D eigenvalue weighted by Crippen LogP contribution is 2.51. The van der Waals surface area contributed by atoms with Gasteiger partial charge in [0, 0.05) is 24.1 Å². The summed E-state index contributed by atoms with van der Waals surface area (Å²) in [6.45, 7) is 4.64. The van der Waals surface area contributed by atoms with E-state index < -0.39 is 55.6 Å². The molecule has 0 aliphatic carbocycles. The number of likely N-dealkylation sites (tertiary alicyclic amines) is 1. The fourth-order valence-corrected chi connectivity index (χ4v) is 7.91. The van der Waals surface area contributed by atoms with E-state index in [-0.39, 0.29) is 12.1 Å². The van der Waals surface area contributed by atoms with Crippen LogP contribution in [0.1, 0.15) is 42.9 Å². The van der Waals surface area contributed by atoms with Gasteiger partial charge in [-0.05, 0) is 66.1 Å². The van der Waals surface area contributed by atoms with Crippen LogP contribution in [-0.4, -0.2) is 37.2 Å². The fraction of sp³-hybridized carbons (Fsp3) is 0.333.